The van der Waals surface area contributed by atoms with Crippen LogP contribution in [0.5, 0.6) is 5.75 Å². The number of aromatic hydroxyl groups is 1. The molecule has 23 heavy (non-hydrogen) atoms. The van der Waals surface area contributed by atoms with Crippen molar-refractivity contribution < 1.29 is 23.1 Å². The van der Waals surface area contributed by atoms with E-state index in [1.165, 1.54) is 18.2 Å². The number of hydrogen-bond acceptors (Lipinski definition) is 2. The van der Waals surface area contributed by atoms with Gasteiger partial charge in [0.1, 0.15) is 5.75 Å². The Morgan fingerprint density at radius 2 is 2.04 bits per heavy atom. The Labute approximate surface area is 133 Å². The Hall–Kier alpha value is -2.30. The molecule has 1 N–H and O–H groups in total. The number of alkyl halides is 3. The summed E-state index contributed by atoms with van der Waals surface area (Å²) in [6.07, 6.45) is 0.625. The highest BCUT2D eigenvalue weighted by Gasteiger charge is 2.25. The number of benzene rings is 1. The van der Waals surface area contributed by atoms with Gasteiger partial charge in [0, 0.05) is 5.57 Å². The molecule has 0 atom stereocenters. The fourth-order valence-corrected chi connectivity index (χ4v) is 1.91. The van der Waals surface area contributed by atoms with E-state index in [1.807, 2.05) is 6.92 Å². The quantitative estimate of drug-likeness (QED) is 0.326. The summed E-state index contributed by atoms with van der Waals surface area (Å²) in [6, 6.07) is 4.66. The van der Waals surface area contributed by atoms with Gasteiger partial charge in [-0.25, -0.2) is 0 Å². The van der Waals surface area contributed by atoms with Gasteiger partial charge < -0.3 is 5.11 Å². The number of hydrogen-bond donors (Lipinski definition) is 1. The summed E-state index contributed by atoms with van der Waals surface area (Å²) in [5.74, 6) is -0.709. The number of phenolic OH excluding ortho intramolecular Hbond substituents is 1. The lowest BCUT2D eigenvalue weighted by Gasteiger charge is -2.07. The van der Waals surface area contributed by atoms with Gasteiger partial charge >= 0.3 is 6.18 Å². The number of carbonyl (C=O) groups is 1. The molecule has 0 heterocycles. The molecule has 0 aliphatic heterocycles. The van der Waals surface area contributed by atoms with E-state index in [-0.39, 0.29) is 16.9 Å². The summed E-state index contributed by atoms with van der Waals surface area (Å²) in [7, 11) is 0. The third kappa shape index (κ3) is 6.14. The number of allylic oxidation sites excluding steroid dienone is 5. The number of Topliss-reactive ketones (excluding diaryl/α,β-unsaturated/α-hetero) is 1. The molecule has 2 nitrogen and oxygen atoms in total. The zero-order chi connectivity index (χ0) is 17.5. The molecule has 0 unspecified atom stereocenters. The fraction of sp³-hybridized carbons (Fsp3) is 0.278. The predicted octanol–water partition coefficient (Wildman–Crippen LogP) is 5.15. The van der Waals surface area contributed by atoms with E-state index in [4.69, 9.17) is 0 Å². The number of halogens is 3. The van der Waals surface area contributed by atoms with Gasteiger partial charge in [-0.15, -0.1) is 6.58 Å². The predicted molar refractivity (Wildman–Crippen MR) is 84.5 cm³/mol. The molecule has 0 aliphatic carbocycles. The second-order valence-corrected chi connectivity index (χ2v) is 4.94. The van der Waals surface area contributed by atoms with Crippen molar-refractivity contribution in [3.8, 4) is 5.75 Å². The maximum absolute atomic E-state index is 12.5. The van der Waals surface area contributed by atoms with Crippen molar-refractivity contribution in [3.63, 3.8) is 0 Å². The average molecular weight is 324 g/mol. The molecule has 0 saturated carbocycles. The smallest absolute Gasteiger partial charge is 0.392 e. The standard InChI is InChI=1S/C18H19F3O2/c1-3-5-7-14(8-6-11-18(19,20)21)17(23)15-12-13(4-2)9-10-16(15)22/h3,6-10,12,22H,1,4-5,11H2,2H3/b8-6-,14-7+. The Morgan fingerprint density at radius 3 is 2.61 bits per heavy atom. The minimum atomic E-state index is -4.33. The molecule has 5 heteroatoms. The second kappa shape index (κ2) is 8.36. The number of aryl methyl sites for hydroxylation is 1. The molecule has 0 aliphatic rings. The van der Waals surface area contributed by atoms with Crippen LogP contribution in [-0.2, 0) is 6.42 Å². The van der Waals surface area contributed by atoms with E-state index in [1.54, 1.807) is 12.1 Å². The molecule has 0 radical (unpaired) electrons. The largest absolute Gasteiger partial charge is 0.507 e. The second-order valence-electron chi connectivity index (χ2n) is 4.94. The molecule has 1 aromatic rings. The maximum Gasteiger partial charge on any atom is 0.392 e. The van der Waals surface area contributed by atoms with Crippen LogP contribution in [-0.4, -0.2) is 17.1 Å². The summed E-state index contributed by atoms with van der Waals surface area (Å²) < 4.78 is 36.7. The van der Waals surface area contributed by atoms with Crippen molar-refractivity contribution in [2.45, 2.75) is 32.4 Å². The zero-order valence-corrected chi connectivity index (χ0v) is 12.9. The summed E-state index contributed by atoms with van der Waals surface area (Å²) in [5, 5.41) is 9.86. The average Bonchev–Trinajstić information content (AvgIpc) is 2.49. The van der Waals surface area contributed by atoms with Gasteiger partial charge in [-0.05, 0) is 30.5 Å². The molecule has 0 spiro atoms. The van der Waals surface area contributed by atoms with Gasteiger partial charge in [-0.2, -0.15) is 13.2 Å². The van der Waals surface area contributed by atoms with Gasteiger partial charge in [0.15, 0.2) is 5.78 Å². The molecule has 1 rings (SSSR count). The van der Waals surface area contributed by atoms with Crippen molar-refractivity contribution in [1.82, 2.24) is 0 Å². The number of rotatable bonds is 7. The summed E-state index contributed by atoms with van der Waals surface area (Å²) in [4.78, 5) is 12.5. The van der Waals surface area contributed by atoms with Crippen LogP contribution in [0.4, 0.5) is 13.2 Å². The SMILES string of the molecule is C=CC/C=C(\C=C/CC(F)(F)F)C(=O)c1cc(CC)ccc1O. The Morgan fingerprint density at radius 1 is 1.35 bits per heavy atom. The highest BCUT2D eigenvalue weighted by atomic mass is 19.4. The fourth-order valence-electron chi connectivity index (χ4n) is 1.91. The molecule has 0 fully saturated rings. The minimum absolute atomic E-state index is 0.0799. The van der Waals surface area contributed by atoms with Gasteiger partial charge in [0.2, 0.25) is 0 Å². The zero-order valence-electron chi connectivity index (χ0n) is 12.9. The topological polar surface area (TPSA) is 37.3 Å². The molecule has 0 amide bonds. The van der Waals surface area contributed by atoms with Gasteiger partial charge in [-0.3, -0.25) is 4.79 Å². The summed E-state index contributed by atoms with van der Waals surface area (Å²) in [5.41, 5.74) is 1.03. The molecular weight excluding hydrogens is 305 g/mol. The van der Waals surface area contributed by atoms with E-state index in [0.717, 1.165) is 17.7 Å². The number of ketones is 1. The molecule has 0 aromatic heterocycles. The Kier molecular flexibility index (Phi) is 6.82. The normalized spacial score (nSPS) is 12.6. The third-order valence-electron chi connectivity index (χ3n) is 3.13. The van der Waals surface area contributed by atoms with Crippen molar-refractivity contribution in [2.75, 3.05) is 0 Å². The lowest BCUT2D eigenvalue weighted by Crippen LogP contribution is -2.06. The lowest BCUT2D eigenvalue weighted by molar-refractivity contribution is -0.125. The van der Waals surface area contributed by atoms with Crippen LogP contribution in [0.3, 0.4) is 0 Å². The third-order valence-corrected chi connectivity index (χ3v) is 3.13. The first-order valence-corrected chi connectivity index (χ1v) is 7.19. The van der Waals surface area contributed by atoms with Crippen LogP contribution in [0.2, 0.25) is 0 Å². The van der Waals surface area contributed by atoms with E-state index < -0.39 is 18.4 Å². The van der Waals surface area contributed by atoms with Gasteiger partial charge in [0.25, 0.3) is 0 Å². The Balaban J connectivity index is 3.12. The first-order valence-electron chi connectivity index (χ1n) is 7.19. The van der Waals surface area contributed by atoms with Crippen LogP contribution in [0, 0.1) is 0 Å². The molecule has 124 valence electrons. The lowest BCUT2D eigenvalue weighted by atomic mass is 9.98. The van der Waals surface area contributed by atoms with E-state index >= 15 is 0 Å². The summed E-state index contributed by atoms with van der Waals surface area (Å²) >= 11 is 0. The van der Waals surface area contributed by atoms with Crippen LogP contribution >= 0.6 is 0 Å². The first-order chi connectivity index (χ1) is 10.8. The van der Waals surface area contributed by atoms with Crippen LogP contribution in [0.1, 0.15) is 35.7 Å². The maximum atomic E-state index is 12.5. The van der Waals surface area contributed by atoms with E-state index in [0.29, 0.717) is 12.8 Å². The number of carbonyl (C=O) groups excluding carboxylic acids is 1. The highest BCUT2D eigenvalue weighted by Crippen LogP contribution is 2.24. The summed E-state index contributed by atoms with van der Waals surface area (Å²) in [6.45, 7) is 5.42. The first kappa shape index (κ1) is 18.7. The van der Waals surface area contributed by atoms with Crippen molar-refractivity contribution in [2.24, 2.45) is 0 Å². The van der Waals surface area contributed by atoms with Crippen molar-refractivity contribution in [1.29, 1.82) is 0 Å². The molecular formula is C18H19F3O2. The van der Waals surface area contributed by atoms with Crippen LogP contribution in [0.25, 0.3) is 0 Å². The number of phenols is 1. The Bertz CT molecular complexity index is 626. The molecule has 0 bridgehead atoms. The van der Waals surface area contributed by atoms with E-state index in [9.17, 15) is 23.1 Å². The van der Waals surface area contributed by atoms with Gasteiger partial charge in [-0.1, -0.05) is 37.3 Å². The molecule has 1 aromatic carbocycles. The van der Waals surface area contributed by atoms with Gasteiger partial charge in [0.05, 0.1) is 12.0 Å². The van der Waals surface area contributed by atoms with Crippen molar-refractivity contribution >= 4 is 5.78 Å². The minimum Gasteiger partial charge on any atom is -0.507 e. The monoisotopic (exact) mass is 324 g/mol. The highest BCUT2D eigenvalue weighted by molar-refractivity contribution is 6.12. The van der Waals surface area contributed by atoms with Crippen molar-refractivity contribution in [3.05, 3.63) is 65.8 Å². The van der Waals surface area contributed by atoms with E-state index in [2.05, 4.69) is 6.58 Å². The van der Waals surface area contributed by atoms with Crippen LogP contribution < -0.4 is 0 Å². The molecule has 0 saturated heterocycles. The van der Waals surface area contributed by atoms with Crippen LogP contribution in [0.15, 0.2) is 54.7 Å².